The minimum absolute atomic E-state index is 0.116. The van der Waals surface area contributed by atoms with Crippen LogP contribution in [-0.2, 0) is 10.5 Å². The van der Waals surface area contributed by atoms with Gasteiger partial charge in [0, 0.05) is 35.3 Å². The highest BCUT2D eigenvalue weighted by molar-refractivity contribution is 6.03. The molecule has 156 valence electrons. The monoisotopic (exact) mass is 417 g/mol. The van der Waals surface area contributed by atoms with Crippen molar-refractivity contribution in [3.8, 4) is 0 Å². The number of hydrogen-bond acceptors (Lipinski definition) is 4. The van der Waals surface area contributed by atoms with Crippen LogP contribution in [0.5, 0.6) is 0 Å². The summed E-state index contributed by atoms with van der Waals surface area (Å²) in [5, 5.41) is 0. The molecule has 1 fully saturated rings. The van der Waals surface area contributed by atoms with E-state index in [1.165, 1.54) is 31.4 Å². The van der Waals surface area contributed by atoms with Crippen molar-refractivity contribution >= 4 is 17.5 Å². The van der Waals surface area contributed by atoms with Gasteiger partial charge in [0.2, 0.25) is 0 Å². The largest absolute Gasteiger partial charge is 0.306 e. The van der Waals surface area contributed by atoms with Crippen LogP contribution >= 0.6 is 0 Å². The number of rotatable bonds is 4. The molecule has 2 aliphatic heterocycles. The van der Waals surface area contributed by atoms with Crippen LogP contribution in [0.4, 0.5) is 10.1 Å². The highest BCUT2D eigenvalue weighted by atomic mass is 19.1. The molecule has 1 unspecified atom stereocenters. The van der Waals surface area contributed by atoms with Crippen molar-refractivity contribution < 1.29 is 18.8 Å². The number of hydrogen-bond donors (Lipinski definition) is 1. The van der Waals surface area contributed by atoms with E-state index in [4.69, 9.17) is 4.84 Å². The van der Waals surface area contributed by atoms with Crippen LogP contribution in [0, 0.1) is 5.82 Å². The molecule has 0 aliphatic carbocycles. The summed E-state index contributed by atoms with van der Waals surface area (Å²) in [5.41, 5.74) is 4.88. The normalized spacial score (nSPS) is 19.4. The van der Waals surface area contributed by atoms with Crippen LogP contribution in [0.25, 0.3) is 0 Å². The van der Waals surface area contributed by atoms with Crippen LogP contribution < -0.4 is 5.48 Å². The van der Waals surface area contributed by atoms with E-state index in [9.17, 15) is 14.0 Å². The van der Waals surface area contributed by atoms with Gasteiger partial charge in [0.25, 0.3) is 11.8 Å². The fraction of sp³-hybridized carbons (Fsp3) is 0.167. The second-order valence-electron chi connectivity index (χ2n) is 7.53. The van der Waals surface area contributed by atoms with E-state index in [0.29, 0.717) is 29.9 Å². The van der Waals surface area contributed by atoms with Gasteiger partial charge in [-0.1, -0.05) is 30.3 Å². The molecule has 0 aromatic heterocycles. The van der Waals surface area contributed by atoms with Gasteiger partial charge in [-0.05, 0) is 42.5 Å². The minimum Gasteiger partial charge on any atom is -0.306 e. The average molecular weight is 417 g/mol. The fourth-order valence-electron chi connectivity index (χ4n) is 4.71. The summed E-state index contributed by atoms with van der Waals surface area (Å²) in [7, 11) is 1.52. The number of amides is 2. The van der Waals surface area contributed by atoms with E-state index in [1.54, 1.807) is 15.9 Å². The summed E-state index contributed by atoms with van der Waals surface area (Å²) >= 11 is 0. The molecule has 7 heteroatoms. The zero-order valence-corrected chi connectivity index (χ0v) is 16.8. The standard InChI is InChI=1S/C24H20FN3O3/c1-31-26-19-6-4-5-17(15-19)24-21-8-3-2-7-20(21)23(30)28(24)14-13-27(24)22(29)16-9-11-18(25)12-10-16/h2-12,15,26H,13-14H2,1H3. The van der Waals surface area contributed by atoms with Gasteiger partial charge in [-0.25, -0.2) is 4.39 Å². The summed E-state index contributed by atoms with van der Waals surface area (Å²) in [4.78, 5) is 35.4. The van der Waals surface area contributed by atoms with Gasteiger partial charge in [-0.15, -0.1) is 0 Å². The highest BCUT2D eigenvalue weighted by Crippen LogP contribution is 2.50. The maximum Gasteiger partial charge on any atom is 0.256 e. The Balaban J connectivity index is 1.73. The van der Waals surface area contributed by atoms with Gasteiger partial charge in [0.1, 0.15) is 5.82 Å². The molecule has 1 atom stereocenters. The molecular weight excluding hydrogens is 397 g/mol. The zero-order valence-electron chi connectivity index (χ0n) is 16.8. The van der Waals surface area contributed by atoms with Crippen molar-refractivity contribution in [3.63, 3.8) is 0 Å². The lowest BCUT2D eigenvalue weighted by molar-refractivity contribution is 0.0375. The van der Waals surface area contributed by atoms with Gasteiger partial charge in [-0.2, -0.15) is 0 Å². The Kier molecular flexibility index (Phi) is 4.48. The Morgan fingerprint density at radius 3 is 2.58 bits per heavy atom. The molecule has 2 heterocycles. The van der Waals surface area contributed by atoms with Crippen LogP contribution in [0.2, 0.25) is 0 Å². The van der Waals surface area contributed by atoms with Gasteiger partial charge >= 0.3 is 0 Å². The fourth-order valence-corrected chi connectivity index (χ4v) is 4.71. The zero-order chi connectivity index (χ0) is 21.6. The summed E-state index contributed by atoms with van der Waals surface area (Å²) in [6.07, 6.45) is 0. The molecule has 3 aromatic rings. The van der Waals surface area contributed by atoms with E-state index < -0.39 is 11.5 Å². The predicted molar refractivity (Wildman–Crippen MR) is 113 cm³/mol. The molecule has 2 aliphatic rings. The van der Waals surface area contributed by atoms with Crippen LogP contribution in [0.1, 0.15) is 31.8 Å². The number of halogens is 1. The maximum absolute atomic E-state index is 13.6. The number of benzene rings is 3. The quantitative estimate of drug-likeness (QED) is 0.659. The Labute approximate surface area is 178 Å². The Bertz CT molecular complexity index is 1180. The number of carbonyl (C=O) groups excluding carboxylic acids is 2. The summed E-state index contributed by atoms with van der Waals surface area (Å²) in [6, 6.07) is 20.3. The second-order valence-corrected chi connectivity index (χ2v) is 7.53. The molecule has 0 radical (unpaired) electrons. The van der Waals surface area contributed by atoms with E-state index in [0.717, 1.165) is 11.1 Å². The third-order valence-electron chi connectivity index (χ3n) is 5.93. The Morgan fingerprint density at radius 1 is 1.03 bits per heavy atom. The third-order valence-corrected chi connectivity index (χ3v) is 5.93. The first-order valence-corrected chi connectivity index (χ1v) is 9.96. The maximum atomic E-state index is 13.6. The predicted octanol–water partition coefficient (Wildman–Crippen LogP) is 3.61. The summed E-state index contributed by atoms with van der Waals surface area (Å²) in [5.74, 6) is -0.791. The molecule has 5 rings (SSSR count). The van der Waals surface area contributed by atoms with Crippen LogP contribution in [0.15, 0.2) is 72.8 Å². The van der Waals surface area contributed by atoms with Crippen molar-refractivity contribution in [2.24, 2.45) is 0 Å². The summed E-state index contributed by atoms with van der Waals surface area (Å²) < 4.78 is 13.5. The van der Waals surface area contributed by atoms with Crippen molar-refractivity contribution in [2.75, 3.05) is 25.7 Å². The molecule has 2 amide bonds. The van der Waals surface area contributed by atoms with E-state index in [2.05, 4.69) is 5.48 Å². The molecular formula is C24H20FN3O3. The first kappa shape index (κ1) is 19.3. The molecule has 0 bridgehead atoms. The van der Waals surface area contributed by atoms with Crippen LogP contribution in [-0.4, -0.2) is 41.8 Å². The summed E-state index contributed by atoms with van der Waals surface area (Å²) in [6.45, 7) is 0.751. The lowest BCUT2D eigenvalue weighted by Crippen LogP contribution is -2.51. The highest BCUT2D eigenvalue weighted by Gasteiger charge is 2.59. The number of nitrogens with one attached hydrogen (secondary N) is 1. The Morgan fingerprint density at radius 2 is 1.81 bits per heavy atom. The van der Waals surface area contributed by atoms with Gasteiger partial charge < -0.3 is 9.80 Å². The lowest BCUT2D eigenvalue weighted by atomic mass is 9.89. The molecule has 1 saturated heterocycles. The van der Waals surface area contributed by atoms with Gasteiger partial charge in [0.15, 0.2) is 5.66 Å². The van der Waals surface area contributed by atoms with Gasteiger partial charge in [-0.3, -0.25) is 19.9 Å². The number of nitrogens with zero attached hydrogens (tertiary/aromatic N) is 2. The number of carbonyl (C=O) groups is 2. The molecule has 3 aromatic carbocycles. The SMILES string of the molecule is CONc1cccc(C23c4ccccc4C(=O)N2CCN3C(=O)c2ccc(F)cc2)c1. The van der Waals surface area contributed by atoms with Gasteiger partial charge in [0.05, 0.1) is 12.8 Å². The average Bonchev–Trinajstić information content (AvgIpc) is 3.30. The van der Waals surface area contributed by atoms with E-state index >= 15 is 0 Å². The molecule has 0 spiro atoms. The first-order chi connectivity index (χ1) is 15.1. The van der Waals surface area contributed by atoms with Crippen LogP contribution in [0.3, 0.4) is 0 Å². The second kappa shape index (κ2) is 7.21. The topological polar surface area (TPSA) is 61.9 Å². The van der Waals surface area contributed by atoms with Crippen molar-refractivity contribution in [2.45, 2.75) is 5.66 Å². The van der Waals surface area contributed by atoms with E-state index in [-0.39, 0.29) is 11.8 Å². The molecule has 1 N–H and O–H groups in total. The van der Waals surface area contributed by atoms with Crippen molar-refractivity contribution in [1.82, 2.24) is 9.80 Å². The number of anilines is 1. The molecule has 6 nitrogen and oxygen atoms in total. The molecule has 0 saturated carbocycles. The lowest BCUT2D eigenvalue weighted by Gasteiger charge is -2.40. The minimum atomic E-state index is -1.09. The smallest absolute Gasteiger partial charge is 0.256 e. The third kappa shape index (κ3) is 2.74. The van der Waals surface area contributed by atoms with E-state index in [1.807, 2.05) is 42.5 Å². The molecule has 31 heavy (non-hydrogen) atoms. The number of fused-ring (bicyclic) bond motifs is 3. The van der Waals surface area contributed by atoms with Crippen molar-refractivity contribution in [3.05, 3.63) is 101 Å². The first-order valence-electron chi connectivity index (χ1n) is 9.96. The Hall–Kier alpha value is -3.71. The van der Waals surface area contributed by atoms with Crippen molar-refractivity contribution in [1.29, 1.82) is 0 Å².